The van der Waals surface area contributed by atoms with Gasteiger partial charge in [0, 0.05) is 17.2 Å². The number of carbonyl (C=O) groups excluding carboxylic acids is 1. The van der Waals surface area contributed by atoms with Gasteiger partial charge < -0.3 is 10.3 Å². The van der Waals surface area contributed by atoms with E-state index < -0.39 is 0 Å². The van der Waals surface area contributed by atoms with Crippen molar-refractivity contribution in [3.63, 3.8) is 0 Å². The summed E-state index contributed by atoms with van der Waals surface area (Å²) in [4.78, 5) is 17.0. The molecule has 25 heavy (non-hydrogen) atoms. The van der Waals surface area contributed by atoms with Crippen molar-refractivity contribution < 1.29 is 15.1 Å². The average Bonchev–Trinajstić information content (AvgIpc) is 2.55. The molecular formula is C17H14Cl3N2O3. The smallest absolute Gasteiger partial charge is 0.203 e. The number of rotatable bonds is 4. The van der Waals surface area contributed by atoms with E-state index in [0.717, 1.165) is 0 Å². The molecule has 0 fully saturated rings. The molecule has 2 aromatic rings. The van der Waals surface area contributed by atoms with Crippen LogP contribution in [-0.2, 0) is 4.84 Å². The van der Waals surface area contributed by atoms with Gasteiger partial charge in [-0.3, -0.25) is 4.79 Å². The Kier molecular flexibility index (Phi) is 7.93. The molecule has 2 aromatic carbocycles. The number of halogens is 3. The van der Waals surface area contributed by atoms with Crippen LogP contribution in [0.15, 0.2) is 59.8 Å². The second-order valence-corrected chi connectivity index (χ2v) is 5.56. The quantitative estimate of drug-likeness (QED) is 0.574. The minimum atomic E-state index is -0.170. The highest BCUT2D eigenvalue weighted by Gasteiger charge is 2.19. The summed E-state index contributed by atoms with van der Waals surface area (Å²) in [6, 6.07) is 14.2. The molecule has 8 heteroatoms. The topological polar surface area (TPSA) is 84.3 Å². The summed E-state index contributed by atoms with van der Waals surface area (Å²) >= 11 is 12.3. The van der Waals surface area contributed by atoms with E-state index >= 15 is 0 Å². The van der Waals surface area contributed by atoms with E-state index in [9.17, 15) is 4.79 Å². The molecule has 1 aliphatic heterocycles. The van der Waals surface area contributed by atoms with Crippen LogP contribution in [0.3, 0.4) is 0 Å². The lowest BCUT2D eigenvalue weighted by Crippen LogP contribution is -2.15. The number of benzene rings is 2. The summed E-state index contributed by atoms with van der Waals surface area (Å²) in [5.41, 5.74) is 1.84. The Bertz CT molecular complexity index is 808. The largest absolute Gasteiger partial charge is 0.412 e. The zero-order chi connectivity index (χ0) is 16.2. The molecule has 5 nitrogen and oxygen atoms in total. The molecule has 0 unspecified atom stereocenters. The molecular weight excluding hydrogens is 387 g/mol. The minimum Gasteiger partial charge on any atom is -0.412 e. The predicted octanol–water partition coefficient (Wildman–Crippen LogP) is 3.98. The van der Waals surface area contributed by atoms with Crippen molar-refractivity contribution in [3.05, 3.63) is 70.8 Å². The van der Waals surface area contributed by atoms with Gasteiger partial charge in [-0.2, -0.15) is 0 Å². The fraction of sp³-hybridized carbons (Fsp3) is 0.0588. The maximum atomic E-state index is 11.9. The second kappa shape index (κ2) is 9.44. The zero-order valence-corrected chi connectivity index (χ0v) is 15.1. The van der Waals surface area contributed by atoms with E-state index in [1.54, 1.807) is 48.5 Å². The minimum absolute atomic E-state index is 0. The highest BCUT2D eigenvalue weighted by atomic mass is 35.5. The lowest BCUT2D eigenvalue weighted by Gasteiger charge is -2.15. The Morgan fingerprint density at radius 2 is 1.80 bits per heavy atom. The number of fused-ring (bicyclic) bond motifs is 1. The standard InChI is InChI=1S/C17H11Cl2N2O2.ClH.H2O/c18-12-7-4-8-14-17(12)13(19)9-16(20-14)21-23-10-15(22)11-5-2-1-3-6-11;;/h1-9H,10H2;1H;1H2. The molecule has 1 aliphatic rings. The van der Waals surface area contributed by atoms with Gasteiger partial charge in [0.15, 0.2) is 12.4 Å². The number of hydrogen-bond donors (Lipinski definition) is 0. The van der Waals surface area contributed by atoms with E-state index in [2.05, 4.69) is 10.5 Å². The Balaban J connectivity index is 0.00000156. The molecule has 0 aliphatic carbocycles. The number of ketones is 1. The maximum absolute atomic E-state index is 11.9. The van der Waals surface area contributed by atoms with Crippen molar-refractivity contribution in [1.82, 2.24) is 5.32 Å². The first-order valence-corrected chi connectivity index (χ1v) is 7.57. The third-order valence-corrected chi connectivity index (χ3v) is 3.78. The van der Waals surface area contributed by atoms with Crippen molar-refractivity contribution in [1.29, 1.82) is 0 Å². The van der Waals surface area contributed by atoms with Gasteiger partial charge in [0.2, 0.25) is 5.78 Å². The van der Waals surface area contributed by atoms with Crippen molar-refractivity contribution in [2.75, 3.05) is 6.61 Å². The van der Waals surface area contributed by atoms with Gasteiger partial charge in [0.1, 0.15) is 0 Å². The third-order valence-electron chi connectivity index (χ3n) is 3.17. The maximum Gasteiger partial charge on any atom is 0.203 e. The van der Waals surface area contributed by atoms with Crippen LogP contribution in [0.2, 0.25) is 5.02 Å². The van der Waals surface area contributed by atoms with Gasteiger partial charge in [0.25, 0.3) is 0 Å². The Morgan fingerprint density at radius 3 is 2.52 bits per heavy atom. The van der Waals surface area contributed by atoms with E-state index in [1.807, 2.05) is 6.07 Å². The van der Waals surface area contributed by atoms with Crippen LogP contribution >= 0.6 is 35.6 Å². The van der Waals surface area contributed by atoms with Crippen molar-refractivity contribution in [2.24, 2.45) is 5.16 Å². The summed E-state index contributed by atoms with van der Waals surface area (Å²) in [7, 11) is 0. The first kappa shape index (κ1) is 21.0. The third kappa shape index (κ3) is 4.96. The molecule has 0 saturated heterocycles. The fourth-order valence-electron chi connectivity index (χ4n) is 2.09. The van der Waals surface area contributed by atoms with Crippen molar-refractivity contribution in [2.45, 2.75) is 0 Å². The fourth-order valence-corrected chi connectivity index (χ4v) is 2.71. The van der Waals surface area contributed by atoms with Crippen molar-refractivity contribution >= 4 is 57.9 Å². The van der Waals surface area contributed by atoms with Gasteiger partial charge in [-0.15, -0.1) is 12.4 Å². The Morgan fingerprint density at radius 1 is 1.08 bits per heavy atom. The number of hydrogen-bond acceptors (Lipinski definition) is 3. The molecule has 2 N–H and O–H groups in total. The molecule has 0 bridgehead atoms. The van der Waals surface area contributed by atoms with E-state index in [4.69, 9.17) is 28.0 Å². The van der Waals surface area contributed by atoms with Gasteiger partial charge in [-0.25, -0.2) is 5.32 Å². The normalized spacial score (nSPS) is 13.5. The van der Waals surface area contributed by atoms with Gasteiger partial charge in [-0.05, 0) is 12.1 Å². The Hall–Kier alpha value is -2.05. The van der Waals surface area contributed by atoms with Crippen LogP contribution in [0.1, 0.15) is 15.9 Å². The number of nitrogens with zero attached hydrogens (tertiary/aromatic N) is 2. The summed E-state index contributed by atoms with van der Waals surface area (Å²) in [6.07, 6.45) is 1.54. The molecule has 3 rings (SSSR count). The van der Waals surface area contributed by atoms with Crippen LogP contribution in [0.5, 0.6) is 0 Å². The summed E-state index contributed by atoms with van der Waals surface area (Å²) < 4.78 is 0. The summed E-state index contributed by atoms with van der Waals surface area (Å²) in [6.45, 7) is -0.170. The molecule has 1 heterocycles. The van der Waals surface area contributed by atoms with Crippen LogP contribution in [0.4, 0.5) is 5.69 Å². The van der Waals surface area contributed by atoms with E-state index in [-0.39, 0.29) is 36.1 Å². The highest BCUT2D eigenvalue weighted by molar-refractivity contribution is 6.53. The first-order valence-electron chi connectivity index (χ1n) is 6.81. The van der Waals surface area contributed by atoms with Crippen LogP contribution < -0.4 is 5.32 Å². The van der Waals surface area contributed by atoms with Crippen LogP contribution in [0.25, 0.3) is 5.03 Å². The lowest BCUT2D eigenvalue weighted by molar-refractivity contribution is 0.0775. The SMILES string of the molecule is Cl.O.O=C(CON=C1C=C(Cl)c2c(Cl)cccc2[N]1)c1ccccc1. The monoisotopic (exact) mass is 399 g/mol. The highest BCUT2D eigenvalue weighted by Crippen LogP contribution is 2.36. The molecule has 131 valence electrons. The molecule has 0 amide bonds. The first-order chi connectivity index (χ1) is 11.1. The summed E-state index contributed by atoms with van der Waals surface area (Å²) in [5, 5.41) is 9.10. The van der Waals surface area contributed by atoms with Crippen LogP contribution in [-0.4, -0.2) is 23.7 Å². The Labute approximate surface area is 161 Å². The number of Topliss-reactive ketones (excluding diaryl/α,β-unsaturated/α-hetero) is 1. The van der Waals surface area contributed by atoms with Gasteiger partial charge >= 0.3 is 0 Å². The number of amidine groups is 1. The van der Waals surface area contributed by atoms with E-state index in [1.165, 1.54) is 0 Å². The zero-order valence-electron chi connectivity index (χ0n) is 12.8. The van der Waals surface area contributed by atoms with Crippen molar-refractivity contribution in [3.8, 4) is 0 Å². The molecule has 0 aromatic heterocycles. The number of carbonyl (C=O) groups is 1. The molecule has 0 spiro atoms. The molecule has 0 saturated carbocycles. The van der Waals surface area contributed by atoms with E-state index in [0.29, 0.717) is 26.9 Å². The number of oxime groups is 1. The molecule has 0 atom stereocenters. The lowest BCUT2D eigenvalue weighted by atomic mass is 10.1. The van der Waals surface area contributed by atoms with Gasteiger partial charge in [-0.1, -0.05) is 64.8 Å². The van der Waals surface area contributed by atoms with Gasteiger partial charge in [0.05, 0.1) is 15.7 Å². The molecule has 1 radical (unpaired) electrons. The average molecular weight is 401 g/mol. The second-order valence-electron chi connectivity index (χ2n) is 4.75. The predicted molar refractivity (Wildman–Crippen MR) is 102 cm³/mol. The van der Waals surface area contributed by atoms with Crippen LogP contribution in [0, 0.1) is 0 Å². The summed E-state index contributed by atoms with van der Waals surface area (Å²) in [5.74, 6) is 0.120.